The van der Waals surface area contributed by atoms with Crippen molar-refractivity contribution >= 4 is 43.7 Å². The van der Waals surface area contributed by atoms with E-state index in [9.17, 15) is 33.2 Å². The molecule has 0 spiro atoms. The van der Waals surface area contributed by atoms with Crippen molar-refractivity contribution in [2.75, 3.05) is 58.2 Å². The molecule has 22 nitrogen and oxygen atoms in total. The number of rotatable bonds is 8. The predicted octanol–water partition coefficient (Wildman–Crippen LogP) is 2.50. The summed E-state index contributed by atoms with van der Waals surface area (Å²) >= 11 is 0. The van der Waals surface area contributed by atoms with Crippen molar-refractivity contribution < 1.29 is 60.4 Å². The normalized spacial score (nSPS) is 30.9. The summed E-state index contributed by atoms with van der Waals surface area (Å²) in [6, 6.07) is 0. The summed E-state index contributed by atoms with van der Waals surface area (Å²) in [6.45, 7) is 18.4. The summed E-state index contributed by atoms with van der Waals surface area (Å²) in [4.78, 5) is 54.4. The number of hydrogen-bond donors (Lipinski definition) is 4. The van der Waals surface area contributed by atoms with E-state index in [0.29, 0.717) is 0 Å². The van der Waals surface area contributed by atoms with Crippen molar-refractivity contribution in [3.63, 3.8) is 0 Å². The molecule has 5 N–H and O–H groups in total. The zero-order valence-electron chi connectivity index (χ0n) is 34.4. The first-order valence-electron chi connectivity index (χ1n) is 19.5. The Balaban J connectivity index is 0.000000420. The number of ether oxygens (including phenoxy) is 2. The molecule has 0 aromatic carbocycles. The van der Waals surface area contributed by atoms with Crippen LogP contribution in [0.2, 0.25) is 0 Å². The van der Waals surface area contributed by atoms with Gasteiger partial charge in [-0.15, -0.1) is 0 Å². The fourth-order valence-corrected chi connectivity index (χ4v) is 8.74. The van der Waals surface area contributed by atoms with Gasteiger partial charge in [0.15, 0.2) is 41.6 Å². The number of anilines is 1. The first-order chi connectivity index (χ1) is 28.4. The number of phosphoric acid groups is 2. The molecule has 7 rings (SSSR count). The fourth-order valence-electron chi connectivity index (χ4n) is 6.85. The van der Waals surface area contributed by atoms with E-state index in [1.807, 2.05) is 0 Å². The van der Waals surface area contributed by atoms with Gasteiger partial charge in [0.05, 0.1) is 25.9 Å². The monoisotopic (exact) mass is 894 g/mol. The van der Waals surface area contributed by atoms with Crippen molar-refractivity contribution in [2.45, 2.75) is 90.7 Å². The number of hydrogen-bond acceptors (Lipinski definition) is 17. The van der Waals surface area contributed by atoms with Crippen LogP contribution in [0.15, 0.2) is 30.0 Å². The minimum Gasteiger partial charge on any atom is -0.387 e. The molecule has 0 aliphatic carbocycles. The van der Waals surface area contributed by atoms with Crippen LogP contribution in [-0.2, 0) is 43.7 Å². The second kappa shape index (κ2) is 20.2. The van der Waals surface area contributed by atoms with Crippen molar-refractivity contribution in [1.29, 1.82) is 0 Å². The predicted molar refractivity (Wildman–Crippen MR) is 212 cm³/mol. The lowest BCUT2D eigenvalue weighted by Gasteiger charge is -2.25. The Morgan fingerprint density at radius 2 is 1.35 bits per heavy atom. The van der Waals surface area contributed by atoms with E-state index in [0.717, 1.165) is 38.9 Å². The molecule has 336 valence electrons. The molecule has 3 aliphatic heterocycles. The minimum atomic E-state index is -5.21. The molecule has 7 heterocycles. The smallest absolute Gasteiger partial charge is 0.387 e. The van der Waals surface area contributed by atoms with Gasteiger partial charge in [0, 0.05) is 13.2 Å². The van der Waals surface area contributed by atoms with Gasteiger partial charge >= 0.3 is 15.6 Å². The fraction of sp³-hybridized carbons (Fsp3) is 0.676. The molecule has 0 saturated carbocycles. The largest absolute Gasteiger partial charge is 0.472 e. The molecule has 0 radical (unpaired) electrons. The van der Waals surface area contributed by atoms with Gasteiger partial charge in [0.1, 0.15) is 47.8 Å². The van der Waals surface area contributed by atoms with Gasteiger partial charge in [-0.1, -0.05) is 41.5 Å². The molecule has 4 aromatic rings. The molecular formula is C34H54F2N10O12P2. The summed E-state index contributed by atoms with van der Waals surface area (Å²) in [7, 11) is -9.05. The average Bonchev–Trinajstić information content (AvgIpc) is 3.96. The van der Waals surface area contributed by atoms with Gasteiger partial charge in [0.2, 0.25) is 0 Å². The molecule has 3 fully saturated rings. The van der Waals surface area contributed by atoms with Crippen LogP contribution in [-0.4, -0.2) is 148 Å². The Morgan fingerprint density at radius 3 is 1.92 bits per heavy atom. The topological polar surface area (TPSA) is 266 Å². The van der Waals surface area contributed by atoms with Gasteiger partial charge in [-0.25, -0.2) is 37.8 Å². The maximum absolute atomic E-state index is 15.9. The zero-order chi connectivity index (χ0) is 44.1. The third-order valence-corrected chi connectivity index (χ3v) is 12.3. The Kier molecular flexibility index (Phi) is 16.1. The minimum absolute atomic E-state index is 0.0165. The summed E-state index contributed by atoms with van der Waals surface area (Å²) in [6.07, 6.45) is -10.1. The molecule has 2 unspecified atom stereocenters. The number of halogens is 2. The highest BCUT2D eigenvalue weighted by molar-refractivity contribution is 7.47. The second-order valence-electron chi connectivity index (χ2n) is 13.8. The van der Waals surface area contributed by atoms with Crippen LogP contribution >= 0.6 is 15.6 Å². The van der Waals surface area contributed by atoms with Gasteiger partial charge < -0.3 is 49.0 Å². The standard InChI is InChI=1S/C22H24F2N8O12P2.2C6H15N/c1-30-6-29-18-11(20(30)34)8(23)2-31(18)22-16-14(33)9(41-22)3-39-45(35,36)43-15-10(4-40-46(37,38)44-16)42-21(12(15)24)32-7-28-13-17(25)26-5-27-19(13)32;2*1-4-7(5-2)6-3/h2,5-7,9-10,12,14-16,21-22,33H,3-4H2,1H3,(H,35,36)(H,37,38)(H2,25,26,27);2*4-6H2,1-3H3/t9-,10-,12-,14-,15-,16-,21-,22-;;/m1../s1. The van der Waals surface area contributed by atoms with Crippen LogP contribution in [0.5, 0.6) is 0 Å². The third kappa shape index (κ3) is 10.5. The van der Waals surface area contributed by atoms with Gasteiger partial charge in [0.25, 0.3) is 5.56 Å². The zero-order valence-corrected chi connectivity index (χ0v) is 36.1. The summed E-state index contributed by atoms with van der Waals surface area (Å²) in [5.41, 5.74) is 4.93. The molecule has 60 heavy (non-hydrogen) atoms. The number of aliphatic hydroxyl groups excluding tert-OH is 1. The molecule has 3 saturated heterocycles. The van der Waals surface area contributed by atoms with E-state index < -0.39 is 94.8 Å². The van der Waals surface area contributed by atoms with Crippen LogP contribution in [0.1, 0.15) is 54.0 Å². The van der Waals surface area contributed by atoms with Crippen molar-refractivity contribution in [3.8, 4) is 0 Å². The van der Waals surface area contributed by atoms with E-state index in [-0.39, 0.29) is 22.6 Å². The molecule has 2 bridgehead atoms. The van der Waals surface area contributed by atoms with Crippen LogP contribution in [0.25, 0.3) is 22.2 Å². The number of alkyl halides is 1. The lowest BCUT2D eigenvalue weighted by molar-refractivity contribution is -0.0670. The lowest BCUT2D eigenvalue weighted by atomic mass is 10.1. The van der Waals surface area contributed by atoms with Gasteiger partial charge in [-0.3, -0.25) is 27.5 Å². The van der Waals surface area contributed by atoms with Crippen LogP contribution in [0, 0.1) is 5.82 Å². The number of aliphatic hydroxyl groups is 1. The highest BCUT2D eigenvalue weighted by Crippen LogP contribution is 2.54. The number of nitrogens with two attached hydrogens (primary N) is 1. The Bertz CT molecular complexity index is 2190. The van der Waals surface area contributed by atoms with Crippen LogP contribution < -0.4 is 11.3 Å². The number of phosphoric ester groups is 2. The Hall–Kier alpha value is -3.35. The molecule has 4 aromatic heterocycles. The maximum Gasteiger partial charge on any atom is 0.472 e. The second-order valence-corrected chi connectivity index (χ2v) is 16.6. The van der Waals surface area contributed by atoms with Gasteiger partial charge in [-0.05, 0) is 39.3 Å². The van der Waals surface area contributed by atoms with E-state index in [1.54, 1.807) is 0 Å². The summed E-state index contributed by atoms with van der Waals surface area (Å²) in [5, 5.41) is 10.5. The molecule has 26 heteroatoms. The van der Waals surface area contributed by atoms with Crippen molar-refractivity contribution in [3.05, 3.63) is 41.3 Å². The van der Waals surface area contributed by atoms with Crippen molar-refractivity contribution in [1.82, 2.24) is 43.4 Å². The SMILES string of the molecule is CCN(CC)CC.CCN(CC)CC.Cn1cnc2c(c(F)cn2[C@@H]2O[C@@H]3COP(=O)(O)O[C@H]4[C@@H](F)[C@H](n5cnc6c(N)ncnc65)O[C@@H]4COP(=O)(O)O[C@@H]2[C@@H]3O)c1=O. The number of aromatic nitrogens is 7. The maximum atomic E-state index is 15.9. The Morgan fingerprint density at radius 1 is 0.800 bits per heavy atom. The van der Waals surface area contributed by atoms with Gasteiger partial charge in [-0.2, -0.15) is 0 Å². The number of imidazole rings is 1. The summed E-state index contributed by atoms with van der Waals surface area (Å²) in [5.74, 6) is -1.04. The number of fused-ring (bicyclic) bond motifs is 5. The van der Waals surface area contributed by atoms with Crippen LogP contribution in [0.4, 0.5) is 14.6 Å². The number of nitrogens with zero attached hydrogens (tertiary/aromatic N) is 9. The molecule has 10 atom stereocenters. The third-order valence-electron chi connectivity index (χ3n) is 10.4. The van der Waals surface area contributed by atoms with Crippen LogP contribution in [0.3, 0.4) is 0 Å². The summed E-state index contributed by atoms with van der Waals surface area (Å²) < 4.78 is 92.0. The molecule has 3 aliphatic rings. The Labute approximate surface area is 344 Å². The van der Waals surface area contributed by atoms with E-state index in [1.165, 1.54) is 46.3 Å². The van der Waals surface area contributed by atoms with E-state index in [2.05, 4.69) is 71.3 Å². The number of nitrogen functional groups attached to an aromatic ring is 1. The highest BCUT2D eigenvalue weighted by Gasteiger charge is 2.54. The molecule has 0 amide bonds. The quantitative estimate of drug-likeness (QED) is 0.185. The first-order valence-corrected chi connectivity index (χ1v) is 22.5. The van der Waals surface area contributed by atoms with E-state index in [4.69, 9.17) is 33.3 Å². The van der Waals surface area contributed by atoms with Crippen molar-refractivity contribution in [2.24, 2.45) is 7.05 Å². The highest BCUT2D eigenvalue weighted by atomic mass is 31.2. The lowest BCUT2D eigenvalue weighted by Crippen LogP contribution is -2.35. The number of aryl methyl sites for hydroxylation is 1. The average molecular weight is 895 g/mol. The molecular weight excluding hydrogens is 840 g/mol. The van der Waals surface area contributed by atoms with E-state index >= 15 is 4.39 Å². The first kappa shape index (κ1) is 47.7.